The molecule has 1 amide bonds. The van der Waals surface area contributed by atoms with Gasteiger partial charge >= 0.3 is 5.69 Å². The maximum absolute atomic E-state index is 11.6. The van der Waals surface area contributed by atoms with Crippen molar-refractivity contribution in [1.82, 2.24) is 15.1 Å². The van der Waals surface area contributed by atoms with Crippen molar-refractivity contribution < 1.29 is 9.72 Å². The third-order valence-electron chi connectivity index (χ3n) is 2.00. The zero-order valence-corrected chi connectivity index (χ0v) is 9.06. The van der Waals surface area contributed by atoms with Crippen LogP contribution in [0, 0.1) is 17.0 Å². The fourth-order valence-electron chi connectivity index (χ4n) is 1.37. The van der Waals surface area contributed by atoms with E-state index in [2.05, 4.69) is 17.0 Å². The highest BCUT2D eigenvalue weighted by Crippen LogP contribution is 2.21. The van der Waals surface area contributed by atoms with E-state index >= 15 is 0 Å². The lowest BCUT2D eigenvalue weighted by Gasteiger charge is -2.01. The smallest absolute Gasteiger partial charge is 0.322 e. The molecular weight excluding hydrogens is 212 g/mol. The molecule has 0 aliphatic heterocycles. The molecule has 0 atom stereocenters. The van der Waals surface area contributed by atoms with Crippen LogP contribution < -0.4 is 5.32 Å². The SMILES string of the molecule is C=CCNC(=O)c1c([N+](=O)[O-])c(C)nn1C. The largest absolute Gasteiger partial charge is 0.347 e. The summed E-state index contributed by atoms with van der Waals surface area (Å²) in [5, 5.41) is 17.1. The van der Waals surface area contributed by atoms with Crippen molar-refractivity contribution in [3.63, 3.8) is 0 Å². The second-order valence-electron chi connectivity index (χ2n) is 3.16. The number of nitro groups is 1. The lowest BCUT2D eigenvalue weighted by Crippen LogP contribution is -2.26. The highest BCUT2D eigenvalue weighted by atomic mass is 16.6. The van der Waals surface area contributed by atoms with Gasteiger partial charge in [-0.25, -0.2) is 0 Å². The molecule has 0 saturated carbocycles. The Morgan fingerprint density at radius 1 is 1.75 bits per heavy atom. The molecule has 1 N–H and O–H groups in total. The predicted molar refractivity (Wildman–Crippen MR) is 57.1 cm³/mol. The number of aromatic nitrogens is 2. The lowest BCUT2D eigenvalue weighted by atomic mass is 10.3. The van der Waals surface area contributed by atoms with E-state index < -0.39 is 10.8 Å². The number of hydrogen-bond acceptors (Lipinski definition) is 4. The van der Waals surface area contributed by atoms with Gasteiger partial charge in [-0.3, -0.25) is 19.6 Å². The normalized spacial score (nSPS) is 9.88. The Morgan fingerprint density at radius 3 is 2.88 bits per heavy atom. The van der Waals surface area contributed by atoms with E-state index in [4.69, 9.17) is 0 Å². The van der Waals surface area contributed by atoms with Gasteiger partial charge in [-0.15, -0.1) is 6.58 Å². The molecule has 1 aromatic rings. The molecule has 0 spiro atoms. The Hall–Kier alpha value is -2.18. The van der Waals surface area contributed by atoms with Gasteiger partial charge in [0.25, 0.3) is 5.91 Å². The highest BCUT2D eigenvalue weighted by Gasteiger charge is 2.28. The Labute approximate surface area is 91.9 Å². The molecule has 0 aliphatic rings. The molecule has 0 radical (unpaired) electrons. The van der Waals surface area contributed by atoms with Gasteiger partial charge in [0.1, 0.15) is 5.69 Å². The first-order chi connectivity index (χ1) is 7.49. The van der Waals surface area contributed by atoms with E-state index in [9.17, 15) is 14.9 Å². The van der Waals surface area contributed by atoms with Crippen LogP contribution >= 0.6 is 0 Å². The van der Waals surface area contributed by atoms with Crippen LogP contribution in [0.1, 0.15) is 16.2 Å². The summed E-state index contributed by atoms with van der Waals surface area (Å²) in [6.45, 7) is 5.18. The average Bonchev–Trinajstić information content (AvgIpc) is 2.50. The summed E-state index contributed by atoms with van der Waals surface area (Å²) in [6, 6.07) is 0. The van der Waals surface area contributed by atoms with E-state index in [0.29, 0.717) is 0 Å². The monoisotopic (exact) mass is 224 g/mol. The topological polar surface area (TPSA) is 90.1 Å². The molecule has 0 bridgehead atoms. The minimum atomic E-state index is -0.606. The number of rotatable bonds is 4. The molecule has 7 nitrogen and oxygen atoms in total. The highest BCUT2D eigenvalue weighted by molar-refractivity contribution is 5.96. The average molecular weight is 224 g/mol. The summed E-state index contributed by atoms with van der Waals surface area (Å²) in [4.78, 5) is 21.8. The number of aryl methyl sites for hydroxylation is 2. The summed E-state index contributed by atoms with van der Waals surface area (Å²) in [5.74, 6) is -0.533. The minimum absolute atomic E-state index is 0.0515. The molecule has 1 heterocycles. The first-order valence-corrected chi connectivity index (χ1v) is 4.56. The molecule has 1 rings (SSSR count). The molecule has 7 heteroatoms. The molecule has 0 aliphatic carbocycles. The fourth-order valence-corrected chi connectivity index (χ4v) is 1.37. The van der Waals surface area contributed by atoms with E-state index in [1.165, 1.54) is 24.7 Å². The zero-order valence-electron chi connectivity index (χ0n) is 9.06. The molecule has 0 fully saturated rings. The maximum atomic E-state index is 11.6. The fraction of sp³-hybridized carbons (Fsp3) is 0.333. The number of nitrogens with zero attached hydrogens (tertiary/aromatic N) is 3. The van der Waals surface area contributed by atoms with Gasteiger partial charge in [-0.1, -0.05) is 6.08 Å². The van der Waals surface area contributed by atoms with Gasteiger partial charge in [-0.05, 0) is 6.92 Å². The van der Waals surface area contributed by atoms with Crippen LogP contribution in [0.5, 0.6) is 0 Å². The molecule has 0 saturated heterocycles. The Morgan fingerprint density at radius 2 is 2.38 bits per heavy atom. The molecule has 16 heavy (non-hydrogen) atoms. The van der Waals surface area contributed by atoms with Crippen molar-refractivity contribution in [2.24, 2.45) is 7.05 Å². The maximum Gasteiger partial charge on any atom is 0.322 e. The third-order valence-corrected chi connectivity index (χ3v) is 2.00. The Bertz CT molecular complexity index is 450. The van der Waals surface area contributed by atoms with Crippen LogP contribution in [-0.4, -0.2) is 27.2 Å². The third kappa shape index (κ3) is 2.08. The summed E-state index contributed by atoms with van der Waals surface area (Å²) in [5.41, 5.74) is -0.0929. The lowest BCUT2D eigenvalue weighted by molar-refractivity contribution is -0.385. The van der Waals surface area contributed by atoms with E-state index in [1.807, 2.05) is 0 Å². The predicted octanol–water partition coefficient (Wildman–Crippen LogP) is 0.553. The van der Waals surface area contributed by atoms with E-state index in [0.717, 1.165) is 0 Å². The second kappa shape index (κ2) is 4.56. The first kappa shape index (κ1) is 11.9. The van der Waals surface area contributed by atoms with Crippen LogP contribution in [0.25, 0.3) is 0 Å². The number of carbonyl (C=O) groups excluding carboxylic acids is 1. The van der Waals surface area contributed by atoms with Crippen molar-refractivity contribution in [2.75, 3.05) is 6.54 Å². The van der Waals surface area contributed by atoms with Crippen molar-refractivity contribution in [3.05, 3.63) is 34.2 Å². The summed E-state index contributed by atoms with van der Waals surface area (Å²) >= 11 is 0. The Kier molecular flexibility index (Phi) is 3.39. The van der Waals surface area contributed by atoms with Gasteiger partial charge in [0.2, 0.25) is 5.69 Å². The summed E-state index contributed by atoms with van der Waals surface area (Å²) < 4.78 is 1.20. The van der Waals surface area contributed by atoms with Gasteiger partial charge < -0.3 is 5.32 Å². The molecule has 86 valence electrons. The quantitative estimate of drug-likeness (QED) is 0.459. The van der Waals surface area contributed by atoms with Crippen molar-refractivity contribution in [1.29, 1.82) is 0 Å². The number of amides is 1. The number of nitrogens with one attached hydrogen (secondary N) is 1. The molecule has 0 aromatic carbocycles. The van der Waals surface area contributed by atoms with Gasteiger partial charge in [0.15, 0.2) is 0 Å². The number of carbonyl (C=O) groups is 1. The molecular formula is C9H12N4O3. The van der Waals surface area contributed by atoms with Crippen LogP contribution in [-0.2, 0) is 7.05 Å². The summed E-state index contributed by atoms with van der Waals surface area (Å²) in [7, 11) is 1.49. The van der Waals surface area contributed by atoms with E-state index in [-0.39, 0.29) is 23.6 Å². The zero-order chi connectivity index (χ0) is 12.3. The van der Waals surface area contributed by atoms with Crippen LogP contribution in [0.3, 0.4) is 0 Å². The van der Waals surface area contributed by atoms with Crippen molar-refractivity contribution in [3.8, 4) is 0 Å². The minimum Gasteiger partial charge on any atom is -0.347 e. The molecule has 1 aromatic heterocycles. The van der Waals surface area contributed by atoms with Gasteiger partial charge in [0.05, 0.1) is 4.92 Å². The molecule has 0 unspecified atom stereocenters. The number of hydrogen-bond donors (Lipinski definition) is 1. The van der Waals surface area contributed by atoms with Gasteiger partial charge in [0, 0.05) is 13.6 Å². The van der Waals surface area contributed by atoms with Crippen molar-refractivity contribution in [2.45, 2.75) is 6.92 Å². The van der Waals surface area contributed by atoms with Gasteiger partial charge in [-0.2, -0.15) is 5.10 Å². The first-order valence-electron chi connectivity index (χ1n) is 4.56. The Balaban J connectivity index is 3.16. The second-order valence-corrected chi connectivity index (χ2v) is 3.16. The van der Waals surface area contributed by atoms with Crippen LogP contribution in [0.2, 0.25) is 0 Å². The summed E-state index contributed by atoms with van der Waals surface area (Å²) in [6.07, 6.45) is 1.49. The van der Waals surface area contributed by atoms with Crippen LogP contribution in [0.15, 0.2) is 12.7 Å². The van der Waals surface area contributed by atoms with E-state index in [1.54, 1.807) is 0 Å². The van der Waals surface area contributed by atoms with Crippen LogP contribution in [0.4, 0.5) is 5.69 Å². The van der Waals surface area contributed by atoms with Crippen molar-refractivity contribution >= 4 is 11.6 Å². The standard InChI is InChI=1S/C9H12N4O3/c1-4-5-10-9(14)8-7(13(15)16)6(2)11-12(8)3/h4H,1,5H2,2-3H3,(H,10,14).